The van der Waals surface area contributed by atoms with Crippen LogP contribution in [0.2, 0.25) is 0 Å². The number of anilines is 1. The number of benzene rings is 2. The van der Waals surface area contributed by atoms with E-state index in [0.29, 0.717) is 12.3 Å². The molecule has 0 saturated heterocycles. The van der Waals surface area contributed by atoms with Gasteiger partial charge in [0.05, 0.1) is 0 Å². The minimum Gasteiger partial charge on any atom is -0.326 e. The first-order chi connectivity index (χ1) is 10.1. The van der Waals surface area contributed by atoms with Crippen molar-refractivity contribution in [2.75, 3.05) is 5.32 Å². The summed E-state index contributed by atoms with van der Waals surface area (Å²) in [6, 6.07) is 17.5. The van der Waals surface area contributed by atoms with Gasteiger partial charge in [0.25, 0.3) is 0 Å². The van der Waals surface area contributed by atoms with Gasteiger partial charge in [-0.25, -0.2) is 0 Å². The maximum absolute atomic E-state index is 11.8. The Balaban J connectivity index is 2.08. The molecular weight excluding hydrogens is 258 g/mol. The van der Waals surface area contributed by atoms with Crippen LogP contribution in [0.4, 0.5) is 5.69 Å². The predicted molar refractivity (Wildman–Crippen MR) is 86.9 cm³/mol. The van der Waals surface area contributed by atoms with Crippen LogP contribution >= 0.6 is 0 Å². The molecule has 0 saturated carbocycles. The molecule has 1 amide bonds. The molecule has 2 aromatic carbocycles. The average Bonchev–Trinajstić information content (AvgIpc) is 2.46. The van der Waals surface area contributed by atoms with Crippen molar-refractivity contribution in [3.8, 4) is 11.8 Å². The van der Waals surface area contributed by atoms with E-state index in [1.165, 1.54) is 0 Å². The molecule has 2 aromatic rings. The molecule has 0 aliphatic heterocycles. The molecule has 1 N–H and O–H groups in total. The zero-order valence-electron chi connectivity index (χ0n) is 12.4. The number of hydrogen-bond acceptors (Lipinski definition) is 1. The van der Waals surface area contributed by atoms with Crippen molar-refractivity contribution in [3.63, 3.8) is 0 Å². The highest BCUT2D eigenvalue weighted by Gasteiger charge is 2.05. The van der Waals surface area contributed by atoms with Gasteiger partial charge in [-0.1, -0.05) is 50.0 Å². The van der Waals surface area contributed by atoms with E-state index in [1.54, 1.807) is 0 Å². The molecule has 0 heterocycles. The monoisotopic (exact) mass is 277 g/mol. The Bertz CT molecular complexity index is 663. The van der Waals surface area contributed by atoms with Crippen molar-refractivity contribution < 1.29 is 4.79 Å². The third-order valence-electron chi connectivity index (χ3n) is 2.86. The van der Waals surface area contributed by atoms with Crippen LogP contribution in [0, 0.1) is 17.8 Å². The molecule has 2 nitrogen and oxygen atoms in total. The predicted octanol–water partition coefficient (Wildman–Crippen LogP) is 4.07. The number of carbonyl (C=O) groups is 1. The highest BCUT2D eigenvalue weighted by Crippen LogP contribution is 2.11. The third kappa shape index (κ3) is 5.16. The molecule has 2 heteroatoms. The van der Waals surface area contributed by atoms with E-state index < -0.39 is 0 Å². The highest BCUT2D eigenvalue weighted by atomic mass is 16.1. The lowest BCUT2D eigenvalue weighted by Crippen LogP contribution is -2.13. The van der Waals surface area contributed by atoms with E-state index in [0.717, 1.165) is 16.8 Å². The van der Waals surface area contributed by atoms with Crippen molar-refractivity contribution in [1.82, 2.24) is 0 Å². The van der Waals surface area contributed by atoms with Crippen LogP contribution in [-0.4, -0.2) is 5.91 Å². The lowest BCUT2D eigenvalue weighted by molar-refractivity contribution is -0.116. The summed E-state index contributed by atoms with van der Waals surface area (Å²) in [4.78, 5) is 11.8. The fourth-order valence-electron chi connectivity index (χ4n) is 1.92. The fourth-order valence-corrected chi connectivity index (χ4v) is 1.92. The van der Waals surface area contributed by atoms with Gasteiger partial charge >= 0.3 is 0 Å². The zero-order chi connectivity index (χ0) is 15.1. The average molecular weight is 277 g/mol. The second-order valence-electron chi connectivity index (χ2n) is 5.34. The van der Waals surface area contributed by atoms with Crippen LogP contribution in [0.15, 0.2) is 54.6 Å². The normalized spacial score (nSPS) is 9.86. The maximum atomic E-state index is 11.8. The minimum atomic E-state index is 0.0400. The van der Waals surface area contributed by atoms with Crippen LogP contribution in [0.3, 0.4) is 0 Å². The van der Waals surface area contributed by atoms with Gasteiger partial charge in [0.15, 0.2) is 0 Å². The molecule has 0 fully saturated rings. The number of hydrogen-bond donors (Lipinski definition) is 1. The van der Waals surface area contributed by atoms with Gasteiger partial charge in [0.1, 0.15) is 0 Å². The number of rotatable bonds is 3. The van der Waals surface area contributed by atoms with E-state index in [4.69, 9.17) is 0 Å². The summed E-state index contributed by atoms with van der Waals surface area (Å²) in [6.45, 7) is 4.06. The summed E-state index contributed by atoms with van der Waals surface area (Å²) in [5, 5.41) is 2.91. The van der Waals surface area contributed by atoms with Crippen LogP contribution in [0.1, 0.15) is 31.4 Å². The molecule has 2 rings (SSSR count). The van der Waals surface area contributed by atoms with E-state index in [2.05, 4.69) is 17.2 Å². The molecule has 21 heavy (non-hydrogen) atoms. The summed E-state index contributed by atoms with van der Waals surface area (Å²) in [5.41, 5.74) is 2.66. The summed E-state index contributed by atoms with van der Waals surface area (Å²) in [6.07, 6.45) is 0.528. The van der Waals surface area contributed by atoms with Gasteiger partial charge in [-0.05, 0) is 36.2 Å². The first-order valence-corrected chi connectivity index (χ1v) is 7.10. The smallest absolute Gasteiger partial charge is 0.224 e. The van der Waals surface area contributed by atoms with Gasteiger partial charge in [-0.3, -0.25) is 4.79 Å². The minimum absolute atomic E-state index is 0.0400. The molecule has 0 spiro atoms. The number of amides is 1. The molecule has 0 unspecified atom stereocenters. The SMILES string of the molecule is CC(C)CC(=O)Nc1cccc(C#Cc2ccccc2)c1. The van der Waals surface area contributed by atoms with Crippen LogP contribution in [-0.2, 0) is 4.79 Å². The first kappa shape index (κ1) is 14.9. The van der Waals surface area contributed by atoms with Gasteiger partial charge in [0.2, 0.25) is 5.91 Å². The summed E-state index contributed by atoms with van der Waals surface area (Å²) in [5.74, 6) is 6.62. The van der Waals surface area contributed by atoms with Gasteiger partial charge in [-0.2, -0.15) is 0 Å². The van der Waals surface area contributed by atoms with Gasteiger partial charge in [-0.15, -0.1) is 0 Å². The Hall–Kier alpha value is -2.53. The summed E-state index contributed by atoms with van der Waals surface area (Å²) < 4.78 is 0. The lowest BCUT2D eigenvalue weighted by atomic mass is 10.1. The van der Waals surface area contributed by atoms with Gasteiger partial charge < -0.3 is 5.32 Å². The van der Waals surface area contributed by atoms with Crippen molar-refractivity contribution >= 4 is 11.6 Å². The molecule has 0 aromatic heterocycles. The van der Waals surface area contributed by atoms with E-state index in [-0.39, 0.29) is 5.91 Å². The van der Waals surface area contributed by atoms with Crippen molar-refractivity contribution in [2.24, 2.45) is 5.92 Å². The van der Waals surface area contributed by atoms with Crippen LogP contribution < -0.4 is 5.32 Å². The Morgan fingerprint density at radius 1 is 1.00 bits per heavy atom. The van der Waals surface area contributed by atoms with E-state index in [9.17, 15) is 4.79 Å². The Kier molecular flexibility index (Phi) is 5.17. The molecule has 0 atom stereocenters. The Morgan fingerprint density at radius 2 is 1.67 bits per heavy atom. The molecule has 0 radical (unpaired) electrons. The third-order valence-corrected chi connectivity index (χ3v) is 2.86. The lowest BCUT2D eigenvalue weighted by Gasteiger charge is -2.07. The van der Waals surface area contributed by atoms with Crippen LogP contribution in [0.5, 0.6) is 0 Å². The standard InChI is InChI=1S/C19H19NO/c1-15(2)13-19(21)20-18-10-6-9-17(14-18)12-11-16-7-4-3-5-8-16/h3-10,14-15H,13H2,1-2H3,(H,20,21). The molecule has 0 aliphatic rings. The largest absolute Gasteiger partial charge is 0.326 e. The quantitative estimate of drug-likeness (QED) is 0.842. The summed E-state index contributed by atoms with van der Waals surface area (Å²) in [7, 11) is 0. The maximum Gasteiger partial charge on any atom is 0.224 e. The molecular formula is C19H19NO. The second-order valence-corrected chi connectivity index (χ2v) is 5.34. The van der Waals surface area contributed by atoms with Crippen LogP contribution in [0.25, 0.3) is 0 Å². The first-order valence-electron chi connectivity index (χ1n) is 7.10. The molecule has 0 aliphatic carbocycles. The van der Waals surface area contributed by atoms with Crippen molar-refractivity contribution in [2.45, 2.75) is 20.3 Å². The van der Waals surface area contributed by atoms with E-state index >= 15 is 0 Å². The highest BCUT2D eigenvalue weighted by molar-refractivity contribution is 5.90. The topological polar surface area (TPSA) is 29.1 Å². The fraction of sp³-hybridized carbons (Fsp3) is 0.211. The number of carbonyl (C=O) groups excluding carboxylic acids is 1. The van der Waals surface area contributed by atoms with Crippen molar-refractivity contribution in [3.05, 3.63) is 65.7 Å². The Morgan fingerprint density at radius 3 is 2.38 bits per heavy atom. The van der Waals surface area contributed by atoms with E-state index in [1.807, 2.05) is 68.4 Å². The zero-order valence-corrected chi connectivity index (χ0v) is 12.4. The Labute approximate surface area is 126 Å². The molecule has 106 valence electrons. The summed E-state index contributed by atoms with van der Waals surface area (Å²) >= 11 is 0. The van der Waals surface area contributed by atoms with Crippen molar-refractivity contribution in [1.29, 1.82) is 0 Å². The second kappa shape index (κ2) is 7.31. The van der Waals surface area contributed by atoms with Gasteiger partial charge in [0, 0.05) is 23.2 Å². The number of nitrogens with one attached hydrogen (secondary N) is 1. The molecule has 0 bridgehead atoms.